The van der Waals surface area contributed by atoms with E-state index in [4.69, 9.17) is 16.7 Å². The van der Waals surface area contributed by atoms with Crippen molar-refractivity contribution >= 4 is 34.8 Å². The van der Waals surface area contributed by atoms with Gasteiger partial charge in [0.25, 0.3) is 0 Å². The minimum absolute atomic E-state index is 0.202. The summed E-state index contributed by atoms with van der Waals surface area (Å²) in [6, 6.07) is 9.81. The molecule has 0 bridgehead atoms. The first kappa shape index (κ1) is 16.1. The summed E-state index contributed by atoms with van der Waals surface area (Å²) in [7, 11) is 0. The smallest absolute Gasteiger partial charge is 0.153 e. The maximum Gasteiger partial charge on any atom is 0.153 e. The van der Waals surface area contributed by atoms with Gasteiger partial charge in [0, 0.05) is 23.9 Å². The fourth-order valence-corrected chi connectivity index (χ4v) is 3.20. The van der Waals surface area contributed by atoms with Gasteiger partial charge in [-0.3, -0.25) is 0 Å². The van der Waals surface area contributed by atoms with E-state index in [-0.39, 0.29) is 6.61 Å². The van der Waals surface area contributed by atoms with E-state index in [2.05, 4.69) is 15.3 Å². The van der Waals surface area contributed by atoms with Crippen LogP contribution < -0.4 is 5.32 Å². The number of aromatic nitrogens is 3. The Morgan fingerprint density at radius 1 is 1.30 bits per heavy atom. The van der Waals surface area contributed by atoms with Crippen LogP contribution in [-0.4, -0.2) is 31.8 Å². The number of thioether (sulfide) groups is 1. The Morgan fingerprint density at radius 3 is 3.09 bits per heavy atom. The monoisotopic (exact) mass is 348 g/mol. The van der Waals surface area contributed by atoms with Gasteiger partial charge < -0.3 is 14.8 Å². The molecule has 0 aliphatic carbocycles. The number of aliphatic hydroxyl groups is 1. The summed E-state index contributed by atoms with van der Waals surface area (Å²) in [4.78, 5) is 8.67. The molecule has 0 unspecified atom stereocenters. The zero-order valence-electron chi connectivity index (χ0n) is 12.4. The van der Waals surface area contributed by atoms with Crippen molar-refractivity contribution in [3.63, 3.8) is 0 Å². The van der Waals surface area contributed by atoms with Crippen molar-refractivity contribution < 1.29 is 5.11 Å². The Hall–Kier alpha value is -1.76. The Kier molecular flexibility index (Phi) is 5.38. The molecule has 0 aliphatic rings. The van der Waals surface area contributed by atoms with Gasteiger partial charge in [-0.15, -0.1) is 0 Å². The normalized spacial score (nSPS) is 11.0. The minimum Gasteiger partial charge on any atom is -0.396 e. The van der Waals surface area contributed by atoms with E-state index in [9.17, 15) is 0 Å². The Labute approximate surface area is 143 Å². The highest BCUT2D eigenvalue weighted by molar-refractivity contribution is 7.98. The highest BCUT2D eigenvalue weighted by atomic mass is 35.5. The number of nitrogens with zero attached hydrogens (tertiary/aromatic N) is 3. The van der Waals surface area contributed by atoms with Gasteiger partial charge in [-0.1, -0.05) is 17.7 Å². The predicted octanol–water partition coefficient (Wildman–Crippen LogP) is 3.22. The van der Waals surface area contributed by atoms with Crippen molar-refractivity contribution in [1.29, 1.82) is 0 Å². The third-order valence-electron chi connectivity index (χ3n) is 3.35. The van der Waals surface area contributed by atoms with Crippen LogP contribution in [0.2, 0.25) is 5.15 Å². The Balaban J connectivity index is 1.70. The third-order valence-corrected chi connectivity index (χ3v) is 4.66. The summed E-state index contributed by atoms with van der Waals surface area (Å²) in [6.45, 7) is 0.748. The molecule has 0 aromatic carbocycles. The highest BCUT2D eigenvalue weighted by Gasteiger charge is 2.09. The molecule has 5 nitrogen and oxygen atoms in total. The van der Waals surface area contributed by atoms with E-state index in [1.54, 1.807) is 18.0 Å². The first-order valence-electron chi connectivity index (χ1n) is 7.27. The van der Waals surface area contributed by atoms with E-state index in [0.29, 0.717) is 11.7 Å². The van der Waals surface area contributed by atoms with Crippen LogP contribution in [0, 0.1) is 0 Å². The van der Waals surface area contributed by atoms with E-state index in [1.165, 1.54) is 5.56 Å². The van der Waals surface area contributed by atoms with Crippen LogP contribution in [0.3, 0.4) is 0 Å². The number of imidazole rings is 1. The average molecular weight is 349 g/mol. The number of fused-ring (bicyclic) bond motifs is 1. The SMILES string of the molecule is OCCSCc1ccnc(NCc2c(Cl)nc3ccccn23)c1. The molecule has 0 fully saturated rings. The molecule has 0 amide bonds. The van der Waals surface area contributed by atoms with Crippen LogP contribution in [0.5, 0.6) is 0 Å². The molecule has 0 saturated heterocycles. The van der Waals surface area contributed by atoms with Gasteiger partial charge in [-0.2, -0.15) is 11.8 Å². The van der Waals surface area contributed by atoms with Gasteiger partial charge in [0.05, 0.1) is 18.8 Å². The first-order chi connectivity index (χ1) is 11.3. The van der Waals surface area contributed by atoms with E-state index in [1.807, 2.05) is 40.9 Å². The number of pyridine rings is 2. The lowest BCUT2D eigenvalue weighted by Crippen LogP contribution is -2.04. The van der Waals surface area contributed by atoms with Crippen LogP contribution in [0.4, 0.5) is 5.82 Å². The van der Waals surface area contributed by atoms with Crippen molar-refractivity contribution in [2.75, 3.05) is 17.7 Å². The largest absolute Gasteiger partial charge is 0.396 e. The zero-order valence-corrected chi connectivity index (χ0v) is 14.0. The standard InChI is InChI=1S/C16H17ClN4OS/c17-16-13(21-6-2-1-3-15(21)20-16)10-19-14-9-12(4-5-18-14)11-23-8-7-22/h1-6,9,22H,7-8,10-11H2,(H,18,19). The van der Waals surface area contributed by atoms with Crippen molar-refractivity contribution in [3.05, 3.63) is 59.1 Å². The van der Waals surface area contributed by atoms with Crippen LogP contribution in [0.25, 0.3) is 5.65 Å². The van der Waals surface area contributed by atoms with Crippen molar-refractivity contribution in [2.45, 2.75) is 12.3 Å². The van der Waals surface area contributed by atoms with E-state index in [0.717, 1.165) is 28.7 Å². The molecule has 3 aromatic heterocycles. The van der Waals surface area contributed by atoms with E-state index < -0.39 is 0 Å². The van der Waals surface area contributed by atoms with Gasteiger partial charge in [0.1, 0.15) is 11.5 Å². The van der Waals surface area contributed by atoms with Crippen LogP contribution in [-0.2, 0) is 12.3 Å². The molecule has 0 radical (unpaired) electrons. The minimum atomic E-state index is 0.202. The Morgan fingerprint density at radius 2 is 2.22 bits per heavy atom. The van der Waals surface area contributed by atoms with Crippen molar-refractivity contribution in [3.8, 4) is 0 Å². The number of nitrogens with one attached hydrogen (secondary N) is 1. The molecular formula is C16H17ClN4OS. The van der Waals surface area contributed by atoms with Crippen LogP contribution >= 0.6 is 23.4 Å². The summed E-state index contributed by atoms with van der Waals surface area (Å²) in [5, 5.41) is 12.6. The van der Waals surface area contributed by atoms with Crippen LogP contribution in [0.1, 0.15) is 11.3 Å². The molecule has 3 heterocycles. The third kappa shape index (κ3) is 3.96. The molecule has 23 heavy (non-hydrogen) atoms. The summed E-state index contributed by atoms with van der Waals surface area (Å²) >= 11 is 7.92. The number of aliphatic hydroxyl groups excluding tert-OH is 1. The van der Waals surface area contributed by atoms with Gasteiger partial charge >= 0.3 is 0 Å². The topological polar surface area (TPSA) is 62.5 Å². The van der Waals surface area contributed by atoms with Crippen molar-refractivity contribution in [2.24, 2.45) is 0 Å². The molecule has 7 heteroatoms. The second-order valence-corrected chi connectivity index (χ2v) is 6.42. The molecule has 2 N–H and O–H groups in total. The predicted molar refractivity (Wildman–Crippen MR) is 95.0 cm³/mol. The number of hydrogen-bond acceptors (Lipinski definition) is 5. The second kappa shape index (κ2) is 7.68. The fraction of sp³-hybridized carbons (Fsp3) is 0.250. The lowest BCUT2D eigenvalue weighted by Gasteiger charge is -2.08. The highest BCUT2D eigenvalue weighted by Crippen LogP contribution is 2.19. The van der Waals surface area contributed by atoms with E-state index >= 15 is 0 Å². The van der Waals surface area contributed by atoms with Gasteiger partial charge in [-0.25, -0.2) is 9.97 Å². The average Bonchev–Trinajstić information content (AvgIpc) is 2.89. The number of rotatable bonds is 7. The number of anilines is 1. The fourth-order valence-electron chi connectivity index (χ4n) is 2.27. The summed E-state index contributed by atoms with van der Waals surface area (Å²) in [5.41, 5.74) is 2.91. The molecule has 3 rings (SSSR count). The molecule has 0 spiro atoms. The molecular weight excluding hydrogens is 332 g/mol. The first-order valence-corrected chi connectivity index (χ1v) is 8.80. The van der Waals surface area contributed by atoms with Crippen molar-refractivity contribution in [1.82, 2.24) is 14.4 Å². The summed E-state index contributed by atoms with van der Waals surface area (Å²) < 4.78 is 1.97. The summed E-state index contributed by atoms with van der Waals surface area (Å²) in [5.74, 6) is 2.39. The lowest BCUT2D eigenvalue weighted by molar-refractivity contribution is 0.322. The Bertz CT molecular complexity index is 793. The lowest BCUT2D eigenvalue weighted by atomic mass is 10.3. The number of halogens is 1. The van der Waals surface area contributed by atoms with Gasteiger partial charge in [0.2, 0.25) is 0 Å². The number of hydrogen-bond donors (Lipinski definition) is 2. The maximum atomic E-state index is 8.84. The molecule has 0 saturated carbocycles. The molecule has 120 valence electrons. The van der Waals surface area contributed by atoms with Gasteiger partial charge in [0.15, 0.2) is 5.15 Å². The van der Waals surface area contributed by atoms with Gasteiger partial charge in [-0.05, 0) is 29.8 Å². The molecule has 0 atom stereocenters. The molecule has 0 aliphatic heterocycles. The maximum absolute atomic E-state index is 8.84. The second-order valence-electron chi connectivity index (χ2n) is 4.96. The zero-order chi connectivity index (χ0) is 16.1. The summed E-state index contributed by atoms with van der Waals surface area (Å²) in [6.07, 6.45) is 3.73. The molecule has 3 aromatic rings. The van der Waals surface area contributed by atoms with Crippen LogP contribution in [0.15, 0.2) is 42.7 Å². The quantitative estimate of drug-likeness (QED) is 0.642.